The van der Waals surface area contributed by atoms with Gasteiger partial charge in [0.05, 0.1) is 22.8 Å². The van der Waals surface area contributed by atoms with E-state index in [1.165, 1.54) is 29.5 Å². The molecule has 3 rings (SSSR count). The predicted molar refractivity (Wildman–Crippen MR) is 107 cm³/mol. The Bertz CT molecular complexity index is 1100. The molecule has 2 aromatic carbocycles. The fraction of sp³-hybridized carbons (Fsp3) is 0.100. The van der Waals surface area contributed by atoms with Crippen LogP contribution in [-0.4, -0.2) is 21.6 Å². The number of phenols is 1. The topological polar surface area (TPSA) is 109 Å². The van der Waals surface area contributed by atoms with Gasteiger partial charge in [-0.25, -0.2) is 4.98 Å². The minimum atomic E-state index is -0.460. The monoisotopic (exact) mass is 393 g/mol. The third kappa shape index (κ3) is 4.16. The molecule has 0 saturated carbocycles. The number of ether oxygens (including phenoxy) is 1. The lowest BCUT2D eigenvalue weighted by Crippen LogP contribution is -1.92. The van der Waals surface area contributed by atoms with Gasteiger partial charge in [0.2, 0.25) is 0 Å². The van der Waals surface area contributed by atoms with Gasteiger partial charge in [0.25, 0.3) is 5.69 Å². The van der Waals surface area contributed by atoms with Crippen LogP contribution in [0.5, 0.6) is 11.5 Å². The molecule has 0 bridgehead atoms. The molecule has 1 heterocycles. The van der Waals surface area contributed by atoms with Crippen LogP contribution in [0.1, 0.15) is 17.5 Å². The number of aromatic hydroxyl groups is 1. The van der Waals surface area contributed by atoms with Crippen LogP contribution in [0, 0.1) is 21.4 Å². The van der Waals surface area contributed by atoms with E-state index in [1.807, 2.05) is 6.92 Å². The lowest BCUT2D eigenvalue weighted by atomic mass is 10.1. The summed E-state index contributed by atoms with van der Waals surface area (Å²) in [5, 5.41) is 32.5. The van der Waals surface area contributed by atoms with Crippen molar-refractivity contribution < 1.29 is 14.8 Å². The summed E-state index contributed by atoms with van der Waals surface area (Å²) < 4.78 is 5.36. The Balaban J connectivity index is 1.94. The number of nitrogens with zero attached hydrogens (tertiary/aromatic N) is 3. The van der Waals surface area contributed by atoms with Gasteiger partial charge in [-0.3, -0.25) is 10.1 Å². The van der Waals surface area contributed by atoms with E-state index in [2.05, 4.69) is 11.1 Å². The summed E-state index contributed by atoms with van der Waals surface area (Å²) in [5.74, 6) is 0.365. The third-order valence-electron chi connectivity index (χ3n) is 3.80. The van der Waals surface area contributed by atoms with Gasteiger partial charge in [0.15, 0.2) is 11.5 Å². The minimum Gasteiger partial charge on any atom is -0.504 e. The lowest BCUT2D eigenvalue weighted by Gasteiger charge is -2.06. The van der Waals surface area contributed by atoms with E-state index in [4.69, 9.17) is 4.74 Å². The Labute approximate surface area is 164 Å². The number of thiazole rings is 1. The van der Waals surface area contributed by atoms with Crippen molar-refractivity contribution in [3.63, 3.8) is 0 Å². The normalized spacial score (nSPS) is 11.1. The Morgan fingerprint density at radius 3 is 2.93 bits per heavy atom. The molecule has 0 spiro atoms. The summed E-state index contributed by atoms with van der Waals surface area (Å²) in [6.07, 6.45) is 1.65. The van der Waals surface area contributed by atoms with Crippen LogP contribution >= 0.6 is 11.3 Å². The zero-order valence-electron chi connectivity index (χ0n) is 14.8. The zero-order chi connectivity index (χ0) is 20.1. The molecule has 28 heavy (non-hydrogen) atoms. The van der Waals surface area contributed by atoms with Crippen LogP contribution in [0.4, 0.5) is 5.69 Å². The Morgan fingerprint density at radius 2 is 2.21 bits per heavy atom. The predicted octanol–water partition coefficient (Wildman–Crippen LogP) is 4.89. The second-order valence-electron chi connectivity index (χ2n) is 5.68. The number of nitro groups is 1. The maximum Gasteiger partial charge on any atom is 0.270 e. The summed E-state index contributed by atoms with van der Waals surface area (Å²) >= 11 is 1.28. The number of hydrogen-bond donors (Lipinski definition) is 1. The summed E-state index contributed by atoms with van der Waals surface area (Å²) in [4.78, 5) is 14.9. The van der Waals surface area contributed by atoms with Crippen molar-refractivity contribution in [2.45, 2.75) is 6.92 Å². The highest BCUT2D eigenvalue weighted by molar-refractivity contribution is 7.11. The fourth-order valence-corrected chi connectivity index (χ4v) is 3.30. The first kappa shape index (κ1) is 19.1. The molecule has 3 aromatic rings. The zero-order valence-corrected chi connectivity index (χ0v) is 15.6. The highest BCUT2D eigenvalue weighted by Crippen LogP contribution is 2.31. The second-order valence-corrected chi connectivity index (χ2v) is 6.53. The van der Waals surface area contributed by atoms with E-state index < -0.39 is 4.92 Å². The number of hydrogen-bond acceptors (Lipinski definition) is 7. The molecule has 7 nitrogen and oxygen atoms in total. The molecule has 0 aliphatic carbocycles. The average molecular weight is 393 g/mol. The van der Waals surface area contributed by atoms with Gasteiger partial charge in [0.1, 0.15) is 11.1 Å². The highest BCUT2D eigenvalue weighted by Gasteiger charge is 2.12. The number of nitro benzene ring substituents is 1. The molecule has 140 valence electrons. The maximum atomic E-state index is 11.0. The van der Waals surface area contributed by atoms with Gasteiger partial charge in [-0.05, 0) is 30.7 Å². The molecular formula is C20H15N3O4S. The first-order valence-electron chi connectivity index (χ1n) is 8.30. The van der Waals surface area contributed by atoms with E-state index >= 15 is 0 Å². The van der Waals surface area contributed by atoms with E-state index in [0.29, 0.717) is 39.8 Å². The molecule has 1 aromatic heterocycles. The average Bonchev–Trinajstić information content (AvgIpc) is 3.19. The van der Waals surface area contributed by atoms with Gasteiger partial charge < -0.3 is 9.84 Å². The van der Waals surface area contributed by atoms with E-state index in [9.17, 15) is 20.5 Å². The molecule has 0 aliphatic heterocycles. The Hall–Kier alpha value is -3.70. The number of aromatic nitrogens is 1. The molecule has 0 amide bonds. The first-order valence-corrected chi connectivity index (χ1v) is 9.18. The number of phenolic OH excluding ortho intramolecular Hbond substituents is 1. The van der Waals surface area contributed by atoms with E-state index in [1.54, 1.807) is 35.7 Å². The largest absolute Gasteiger partial charge is 0.504 e. The molecule has 1 N–H and O–H groups in total. The van der Waals surface area contributed by atoms with Crippen molar-refractivity contribution in [3.8, 4) is 28.8 Å². The van der Waals surface area contributed by atoms with Gasteiger partial charge in [-0.2, -0.15) is 5.26 Å². The van der Waals surface area contributed by atoms with Crippen LogP contribution in [0.2, 0.25) is 0 Å². The number of benzene rings is 2. The Kier molecular flexibility index (Phi) is 5.67. The Morgan fingerprint density at radius 1 is 1.39 bits per heavy atom. The molecule has 8 heteroatoms. The van der Waals surface area contributed by atoms with Crippen molar-refractivity contribution in [1.29, 1.82) is 5.26 Å². The van der Waals surface area contributed by atoms with Crippen molar-refractivity contribution in [2.24, 2.45) is 0 Å². The van der Waals surface area contributed by atoms with Crippen molar-refractivity contribution in [3.05, 3.63) is 68.5 Å². The van der Waals surface area contributed by atoms with Crippen molar-refractivity contribution >= 4 is 28.7 Å². The van der Waals surface area contributed by atoms with Crippen LogP contribution in [0.3, 0.4) is 0 Å². The molecule has 0 unspecified atom stereocenters. The molecule has 0 atom stereocenters. The van der Waals surface area contributed by atoms with Crippen LogP contribution < -0.4 is 4.74 Å². The van der Waals surface area contributed by atoms with Crippen LogP contribution in [0.25, 0.3) is 22.9 Å². The molecule has 0 fully saturated rings. The van der Waals surface area contributed by atoms with Crippen LogP contribution in [-0.2, 0) is 0 Å². The summed E-state index contributed by atoms with van der Waals surface area (Å²) in [7, 11) is 0. The van der Waals surface area contributed by atoms with E-state index in [-0.39, 0.29) is 11.4 Å². The smallest absolute Gasteiger partial charge is 0.270 e. The standard InChI is InChI=1S/C20H15N3O4S/c1-2-27-19-9-13(6-7-18(19)24)8-15(11-21)20-22-17(12-28-20)14-4-3-5-16(10-14)23(25)26/h3-10,12,24H,2H2,1H3. The summed E-state index contributed by atoms with van der Waals surface area (Å²) in [6, 6.07) is 13.1. The quantitative estimate of drug-likeness (QED) is 0.363. The molecule has 0 saturated heterocycles. The summed E-state index contributed by atoms with van der Waals surface area (Å²) in [5.41, 5.74) is 2.18. The highest BCUT2D eigenvalue weighted by atomic mass is 32.1. The van der Waals surface area contributed by atoms with Crippen LogP contribution in [0.15, 0.2) is 47.8 Å². The molecule has 0 radical (unpaired) electrons. The van der Waals surface area contributed by atoms with Crippen molar-refractivity contribution in [2.75, 3.05) is 6.61 Å². The third-order valence-corrected chi connectivity index (χ3v) is 4.68. The van der Waals surface area contributed by atoms with Gasteiger partial charge in [0, 0.05) is 23.1 Å². The fourth-order valence-electron chi connectivity index (χ4n) is 2.51. The summed E-state index contributed by atoms with van der Waals surface area (Å²) in [6.45, 7) is 2.22. The second kappa shape index (κ2) is 8.33. The number of non-ortho nitro benzene ring substituents is 1. The van der Waals surface area contributed by atoms with Gasteiger partial charge in [-0.1, -0.05) is 18.2 Å². The number of allylic oxidation sites excluding steroid dienone is 1. The van der Waals surface area contributed by atoms with Gasteiger partial charge >= 0.3 is 0 Å². The molecule has 0 aliphatic rings. The number of rotatable bonds is 6. The van der Waals surface area contributed by atoms with Gasteiger partial charge in [-0.15, -0.1) is 11.3 Å². The lowest BCUT2D eigenvalue weighted by molar-refractivity contribution is -0.384. The maximum absolute atomic E-state index is 11.0. The first-order chi connectivity index (χ1) is 13.5. The van der Waals surface area contributed by atoms with Crippen molar-refractivity contribution in [1.82, 2.24) is 4.98 Å². The van der Waals surface area contributed by atoms with E-state index in [0.717, 1.165) is 0 Å². The number of nitriles is 1. The minimum absolute atomic E-state index is 0.0179. The SMILES string of the molecule is CCOc1cc(C=C(C#N)c2nc(-c3cccc([N+](=O)[O-])c3)cs2)ccc1O. The molecular weight excluding hydrogens is 378 g/mol.